The molecule has 0 spiro atoms. The molecule has 0 radical (unpaired) electrons. The molecule has 0 aromatic rings. The number of ether oxygens (including phenoxy) is 1. The van der Waals surface area contributed by atoms with E-state index in [0.717, 1.165) is 6.54 Å². The van der Waals surface area contributed by atoms with E-state index in [1.54, 1.807) is 12.2 Å². The summed E-state index contributed by atoms with van der Waals surface area (Å²) in [6.45, 7) is 2.14. The highest BCUT2D eigenvalue weighted by Crippen LogP contribution is 2.18. The van der Waals surface area contributed by atoms with E-state index in [1.807, 2.05) is 0 Å². The summed E-state index contributed by atoms with van der Waals surface area (Å²) in [5.74, 6) is -1.42. The summed E-state index contributed by atoms with van der Waals surface area (Å²) in [6, 6.07) is -0.171. The predicted molar refractivity (Wildman–Crippen MR) is 64.0 cm³/mol. The lowest BCUT2D eigenvalue weighted by molar-refractivity contribution is -0.140. The summed E-state index contributed by atoms with van der Waals surface area (Å²) in [5, 5.41) is 14.8. The van der Waals surface area contributed by atoms with Crippen LogP contribution in [0, 0.1) is 5.92 Å². The van der Waals surface area contributed by atoms with Gasteiger partial charge >= 0.3 is 5.97 Å². The molecular formula is C12H18N2O4. The van der Waals surface area contributed by atoms with Crippen molar-refractivity contribution < 1.29 is 19.4 Å². The van der Waals surface area contributed by atoms with Crippen molar-refractivity contribution in [1.82, 2.24) is 10.6 Å². The number of carboxylic acid groups (broad SMARTS) is 1. The van der Waals surface area contributed by atoms with Gasteiger partial charge in [-0.25, -0.2) is 0 Å². The third-order valence-electron chi connectivity index (χ3n) is 3.16. The minimum atomic E-state index is -0.845. The van der Waals surface area contributed by atoms with Crippen molar-refractivity contribution in [2.75, 3.05) is 19.7 Å². The fourth-order valence-electron chi connectivity index (χ4n) is 2.21. The maximum Gasteiger partial charge on any atom is 0.310 e. The smallest absolute Gasteiger partial charge is 0.310 e. The lowest BCUT2D eigenvalue weighted by Crippen LogP contribution is -2.43. The van der Waals surface area contributed by atoms with Crippen LogP contribution in [0.3, 0.4) is 0 Å². The molecule has 3 atom stereocenters. The third-order valence-corrected chi connectivity index (χ3v) is 3.16. The van der Waals surface area contributed by atoms with Gasteiger partial charge in [-0.1, -0.05) is 12.2 Å². The number of aliphatic carboxylic acids is 1. The van der Waals surface area contributed by atoms with Crippen LogP contribution in [0.4, 0.5) is 0 Å². The Morgan fingerprint density at radius 2 is 2.28 bits per heavy atom. The number of nitrogens with one attached hydrogen (secondary N) is 2. The third kappa shape index (κ3) is 3.54. The van der Waals surface area contributed by atoms with Crippen LogP contribution in [0.25, 0.3) is 0 Å². The van der Waals surface area contributed by atoms with Crippen molar-refractivity contribution in [2.45, 2.75) is 25.0 Å². The SMILES string of the molecule is O=C(CC1CNCCO1)NC1C=CC(C(=O)O)C1. The fraction of sp³-hybridized carbons (Fsp3) is 0.667. The van der Waals surface area contributed by atoms with E-state index in [2.05, 4.69) is 10.6 Å². The van der Waals surface area contributed by atoms with E-state index in [9.17, 15) is 9.59 Å². The molecule has 6 heteroatoms. The second kappa shape index (κ2) is 5.97. The molecule has 0 bridgehead atoms. The van der Waals surface area contributed by atoms with Crippen molar-refractivity contribution >= 4 is 11.9 Å². The maximum absolute atomic E-state index is 11.7. The molecule has 3 unspecified atom stereocenters. The number of morpholine rings is 1. The zero-order valence-corrected chi connectivity index (χ0v) is 10.1. The Morgan fingerprint density at radius 1 is 1.44 bits per heavy atom. The van der Waals surface area contributed by atoms with Crippen molar-refractivity contribution in [3.05, 3.63) is 12.2 Å². The van der Waals surface area contributed by atoms with Gasteiger partial charge in [-0.05, 0) is 6.42 Å². The first kappa shape index (κ1) is 13.0. The normalized spacial score (nSPS) is 31.2. The quantitative estimate of drug-likeness (QED) is 0.589. The van der Waals surface area contributed by atoms with E-state index in [0.29, 0.717) is 26.0 Å². The van der Waals surface area contributed by atoms with Gasteiger partial charge < -0.3 is 20.5 Å². The van der Waals surface area contributed by atoms with Gasteiger partial charge in [-0.2, -0.15) is 0 Å². The summed E-state index contributed by atoms with van der Waals surface area (Å²) in [5.41, 5.74) is 0. The lowest BCUT2D eigenvalue weighted by atomic mass is 10.1. The highest BCUT2D eigenvalue weighted by molar-refractivity contribution is 5.78. The molecule has 6 nitrogen and oxygen atoms in total. The van der Waals surface area contributed by atoms with E-state index < -0.39 is 11.9 Å². The van der Waals surface area contributed by atoms with Gasteiger partial charge in [0, 0.05) is 19.1 Å². The molecule has 1 heterocycles. The molecule has 100 valence electrons. The number of rotatable bonds is 4. The summed E-state index contributed by atoms with van der Waals surface area (Å²) in [6.07, 6.45) is 4.04. The van der Waals surface area contributed by atoms with Crippen LogP contribution < -0.4 is 10.6 Å². The highest BCUT2D eigenvalue weighted by Gasteiger charge is 2.26. The van der Waals surface area contributed by atoms with Crippen LogP contribution in [-0.4, -0.2) is 48.8 Å². The van der Waals surface area contributed by atoms with E-state index in [4.69, 9.17) is 9.84 Å². The second-order valence-electron chi connectivity index (χ2n) is 4.64. The molecule has 1 fully saturated rings. The Bertz CT molecular complexity index is 350. The van der Waals surface area contributed by atoms with Crippen LogP contribution >= 0.6 is 0 Å². The molecule has 0 aromatic heterocycles. The number of carboxylic acids is 1. The Balaban J connectivity index is 1.72. The number of carbonyl (C=O) groups excluding carboxylic acids is 1. The van der Waals surface area contributed by atoms with E-state index in [1.165, 1.54) is 0 Å². The van der Waals surface area contributed by atoms with Gasteiger partial charge in [-0.3, -0.25) is 9.59 Å². The molecule has 18 heavy (non-hydrogen) atoms. The van der Waals surface area contributed by atoms with Crippen molar-refractivity contribution in [1.29, 1.82) is 0 Å². The number of hydrogen-bond acceptors (Lipinski definition) is 4. The average molecular weight is 254 g/mol. The summed E-state index contributed by atoms with van der Waals surface area (Å²) in [4.78, 5) is 22.5. The van der Waals surface area contributed by atoms with Crippen molar-refractivity contribution in [3.63, 3.8) is 0 Å². The first-order valence-electron chi connectivity index (χ1n) is 6.18. The molecule has 2 rings (SSSR count). The summed E-state index contributed by atoms with van der Waals surface area (Å²) >= 11 is 0. The van der Waals surface area contributed by atoms with Crippen LogP contribution in [0.15, 0.2) is 12.2 Å². The first-order valence-corrected chi connectivity index (χ1v) is 6.18. The molecule has 0 saturated carbocycles. The van der Waals surface area contributed by atoms with Crippen LogP contribution in [-0.2, 0) is 14.3 Å². The Labute approximate surface area is 105 Å². The zero-order valence-electron chi connectivity index (χ0n) is 10.1. The molecule has 3 N–H and O–H groups in total. The lowest BCUT2D eigenvalue weighted by Gasteiger charge is -2.23. The fourth-order valence-corrected chi connectivity index (χ4v) is 2.21. The van der Waals surface area contributed by atoms with Gasteiger partial charge in [0.1, 0.15) is 0 Å². The number of hydrogen-bond donors (Lipinski definition) is 3. The molecule has 1 saturated heterocycles. The van der Waals surface area contributed by atoms with Gasteiger partial charge in [0.2, 0.25) is 5.91 Å². The molecule has 0 aromatic carbocycles. The minimum absolute atomic E-state index is 0.0839. The first-order chi connectivity index (χ1) is 8.65. The maximum atomic E-state index is 11.7. The van der Waals surface area contributed by atoms with Gasteiger partial charge in [-0.15, -0.1) is 0 Å². The average Bonchev–Trinajstić information content (AvgIpc) is 2.78. The Hall–Kier alpha value is -1.40. The summed E-state index contributed by atoms with van der Waals surface area (Å²) < 4.78 is 5.44. The Kier molecular flexibility index (Phi) is 4.33. The zero-order chi connectivity index (χ0) is 13.0. The van der Waals surface area contributed by atoms with Gasteiger partial charge in [0.25, 0.3) is 0 Å². The summed E-state index contributed by atoms with van der Waals surface area (Å²) in [7, 11) is 0. The van der Waals surface area contributed by atoms with Crippen LogP contribution in [0.2, 0.25) is 0 Å². The van der Waals surface area contributed by atoms with Crippen LogP contribution in [0.5, 0.6) is 0 Å². The second-order valence-corrected chi connectivity index (χ2v) is 4.64. The van der Waals surface area contributed by atoms with E-state index >= 15 is 0 Å². The largest absolute Gasteiger partial charge is 0.481 e. The molecule has 2 aliphatic rings. The monoisotopic (exact) mass is 254 g/mol. The minimum Gasteiger partial charge on any atom is -0.481 e. The van der Waals surface area contributed by atoms with E-state index in [-0.39, 0.29) is 18.1 Å². The van der Waals surface area contributed by atoms with Crippen molar-refractivity contribution in [3.8, 4) is 0 Å². The molecule has 1 aliphatic heterocycles. The Morgan fingerprint density at radius 3 is 2.89 bits per heavy atom. The van der Waals surface area contributed by atoms with Gasteiger partial charge in [0.05, 0.1) is 25.0 Å². The molecule has 1 amide bonds. The topological polar surface area (TPSA) is 87.7 Å². The van der Waals surface area contributed by atoms with Crippen LogP contribution in [0.1, 0.15) is 12.8 Å². The highest BCUT2D eigenvalue weighted by atomic mass is 16.5. The molecular weight excluding hydrogens is 236 g/mol. The molecule has 1 aliphatic carbocycles. The standard InChI is InChI=1S/C12H18N2O4/c15-11(6-10-7-13-3-4-18-10)14-9-2-1-8(5-9)12(16)17/h1-2,8-10,13H,3-7H2,(H,14,15)(H,16,17). The van der Waals surface area contributed by atoms with Crippen molar-refractivity contribution in [2.24, 2.45) is 5.92 Å². The van der Waals surface area contributed by atoms with Gasteiger partial charge in [0.15, 0.2) is 0 Å². The predicted octanol–water partition coefficient (Wildman–Crippen LogP) is -0.490. The number of carbonyl (C=O) groups is 2. The number of amides is 1.